The monoisotopic (exact) mass is 286 g/mol. The number of rotatable bonds is 1. The standard InChI is InChI=1S/C11H12BrFN2O/c1-11(10(16)14-4-5-15-11)8-6-7(12)2-3-9(8)13/h2-3,6,15H,4-5H2,1H3,(H,14,16). The Hall–Kier alpha value is -0.940. The molecule has 0 aromatic heterocycles. The molecule has 1 aromatic rings. The van der Waals surface area contributed by atoms with E-state index >= 15 is 0 Å². The van der Waals surface area contributed by atoms with Crippen molar-refractivity contribution in [3.05, 3.63) is 34.1 Å². The zero-order valence-electron chi connectivity index (χ0n) is 8.81. The molecule has 0 aliphatic carbocycles. The van der Waals surface area contributed by atoms with Crippen molar-refractivity contribution in [1.29, 1.82) is 0 Å². The highest BCUT2D eigenvalue weighted by molar-refractivity contribution is 9.10. The van der Waals surface area contributed by atoms with E-state index in [0.29, 0.717) is 18.7 Å². The van der Waals surface area contributed by atoms with Crippen molar-refractivity contribution in [1.82, 2.24) is 10.6 Å². The molecule has 5 heteroatoms. The lowest BCUT2D eigenvalue weighted by Crippen LogP contribution is -2.59. The van der Waals surface area contributed by atoms with Crippen LogP contribution in [0.5, 0.6) is 0 Å². The predicted octanol–water partition coefficient (Wildman–Crippen LogP) is 1.52. The van der Waals surface area contributed by atoms with Gasteiger partial charge in [0.05, 0.1) is 0 Å². The first-order chi connectivity index (χ1) is 7.54. The number of hydrogen-bond acceptors (Lipinski definition) is 2. The topological polar surface area (TPSA) is 41.1 Å². The number of piperazine rings is 1. The summed E-state index contributed by atoms with van der Waals surface area (Å²) < 4.78 is 14.5. The van der Waals surface area contributed by atoms with E-state index in [2.05, 4.69) is 26.6 Å². The summed E-state index contributed by atoms with van der Waals surface area (Å²) in [6, 6.07) is 4.60. The second-order valence-electron chi connectivity index (χ2n) is 3.93. The fourth-order valence-electron chi connectivity index (χ4n) is 1.84. The second kappa shape index (κ2) is 4.14. The molecule has 1 heterocycles. The first-order valence-corrected chi connectivity index (χ1v) is 5.82. The molecule has 2 rings (SSSR count). The normalized spacial score (nSPS) is 25.3. The average molecular weight is 287 g/mol. The van der Waals surface area contributed by atoms with Gasteiger partial charge in [-0.1, -0.05) is 15.9 Å². The third-order valence-electron chi connectivity index (χ3n) is 2.81. The molecule has 0 spiro atoms. The maximum atomic E-state index is 13.7. The van der Waals surface area contributed by atoms with Crippen LogP contribution in [0.3, 0.4) is 0 Å². The van der Waals surface area contributed by atoms with E-state index in [1.165, 1.54) is 6.07 Å². The van der Waals surface area contributed by atoms with Crippen LogP contribution >= 0.6 is 15.9 Å². The Morgan fingerprint density at radius 2 is 2.19 bits per heavy atom. The second-order valence-corrected chi connectivity index (χ2v) is 4.85. The number of halogens is 2. The van der Waals surface area contributed by atoms with Crippen LogP contribution < -0.4 is 10.6 Å². The van der Waals surface area contributed by atoms with Gasteiger partial charge in [-0.2, -0.15) is 0 Å². The number of benzene rings is 1. The Balaban J connectivity index is 2.48. The van der Waals surface area contributed by atoms with Gasteiger partial charge in [-0.15, -0.1) is 0 Å². The fraction of sp³-hybridized carbons (Fsp3) is 0.364. The van der Waals surface area contributed by atoms with Crippen LogP contribution in [0.15, 0.2) is 22.7 Å². The zero-order chi connectivity index (χ0) is 11.8. The van der Waals surface area contributed by atoms with Crippen molar-refractivity contribution < 1.29 is 9.18 Å². The molecule has 1 saturated heterocycles. The van der Waals surface area contributed by atoms with Gasteiger partial charge >= 0.3 is 0 Å². The van der Waals surface area contributed by atoms with Gasteiger partial charge in [0.25, 0.3) is 0 Å². The lowest BCUT2D eigenvalue weighted by Gasteiger charge is -2.34. The maximum Gasteiger partial charge on any atom is 0.244 e. The minimum absolute atomic E-state index is 0.198. The summed E-state index contributed by atoms with van der Waals surface area (Å²) >= 11 is 3.28. The van der Waals surface area contributed by atoms with Crippen molar-refractivity contribution in [2.24, 2.45) is 0 Å². The quantitative estimate of drug-likeness (QED) is 0.822. The SMILES string of the molecule is CC1(c2cc(Br)ccc2F)NCCNC1=O. The molecule has 1 atom stereocenters. The predicted molar refractivity (Wildman–Crippen MR) is 62.5 cm³/mol. The van der Waals surface area contributed by atoms with Crippen LogP contribution in [0.2, 0.25) is 0 Å². The van der Waals surface area contributed by atoms with E-state index in [-0.39, 0.29) is 11.7 Å². The number of amides is 1. The number of nitrogens with one attached hydrogen (secondary N) is 2. The van der Waals surface area contributed by atoms with E-state index in [0.717, 1.165) is 4.47 Å². The van der Waals surface area contributed by atoms with E-state index < -0.39 is 5.54 Å². The van der Waals surface area contributed by atoms with Crippen LogP contribution in [-0.2, 0) is 10.3 Å². The van der Waals surface area contributed by atoms with Crippen LogP contribution in [0, 0.1) is 5.82 Å². The molecule has 16 heavy (non-hydrogen) atoms. The first-order valence-electron chi connectivity index (χ1n) is 5.03. The third kappa shape index (κ3) is 1.85. The Morgan fingerprint density at radius 3 is 2.88 bits per heavy atom. The van der Waals surface area contributed by atoms with Crippen molar-refractivity contribution in [2.45, 2.75) is 12.5 Å². The van der Waals surface area contributed by atoms with Gasteiger partial charge in [-0.3, -0.25) is 10.1 Å². The third-order valence-corrected chi connectivity index (χ3v) is 3.30. The molecule has 0 radical (unpaired) electrons. The van der Waals surface area contributed by atoms with Crippen LogP contribution in [0.4, 0.5) is 4.39 Å². The molecule has 86 valence electrons. The Morgan fingerprint density at radius 1 is 1.44 bits per heavy atom. The molecule has 0 saturated carbocycles. The molecule has 1 aliphatic rings. The first kappa shape index (κ1) is 11.5. The average Bonchev–Trinajstić information content (AvgIpc) is 2.26. The highest BCUT2D eigenvalue weighted by Gasteiger charge is 2.39. The van der Waals surface area contributed by atoms with E-state index in [4.69, 9.17) is 0 Å². The lowest BCUT2D eigenvalue weighted by atomic mass is 9.89. The molecule has 1 unspecified atom stereocenters. The van der Waals surface area contributed by atoms with Crippen molar-refractivity contribution in [3.8, 4) is 0 Å². The van der Waals surface area contributed by atoms with Gasteiger partial charge in [0.15, 0.2) is 0 Å². The van der Waals surface area contributed by atoms with Crippen molar-refractivity contribution in [3.63, 3.8) is 0 Å². The van der Waals surface area contributed by atoms with E-state index in [1.807, 2.05) is 0 Å². The highest BCUT2D eigenvalue weighted by atomic mass is 79.9. The minimum Gasteiger partial charge on any atom is -0.353 e. The molecule has 1 aliphatic heterocycles. The van der Waals surface area contributed by atoms with Gasteiger partial charge < -0.3 is 5.32 Å². The number of hydrogen-bond donors (Lipinski definition) is 2. The summed E-state index contributed by atoms with van der Waals surface area (Å²) in [5.41, 5.74) is -0.634. The summed E-state index contributed by atoms with van der Waals surface area (Å²) in [6.07, 6.45) is 0. The smallest absolute Gasteiger partial charge is 0.244 e. The summed E-state index contributed by atoms with van der Waals surface area (Å²) in [5.74, 6) is -0.578. The van der Waals surface area contributed by atoms with Gasteiger partial charge in [-0.05, 0) is 25.1 Å². The van der Waals surface area contributed by atoms with Crippen molar-refractivity contribution in [2.75, 3.05) is 13.1 Å². The van der Waals surface area contributed by atoms with Crippen molar-refractivity contribution >= 4 is 21.8 Å². The molecule has 3 nitrogen and oxygen atoms in total. The highest BCUT2D eigenvalue weighted by Crippen LogP contribution is 2.27. The summed E-state index contributed by atoms with van der Waals surface area (Å²) in [5, 5.41) is 5.79. The zero-order valence-corrected chi connectivity index (χ0v) is 10.4. The van der Waals surface area contributed by atoms with Crippen LogP contribution in [-0.4, -0.2) is 19.0 Å². The van der Waals surface area contributed by atoms with Crippen LogP contribution in [0.1, 0.15) is 12.5 Å². The Kier molecular flexibility index (Phi) is 2.99. The lowest BCUT2D eigenvalue weighted by molar-refractivity contribution is -0.129. The number of carbonyl (C=O) groups is 1. The molecule has 1 aromatic carbocycles. The number of carbonyl (C=O) groups excluding carboxylic acids is 1. The van der Waals surface area contributed by atoms with Gasteiger partial charge in [0.1, 0.15) is 11.4 Å². The van der Waals surface area contributed by atoms with E-state index in [9.17, 15) is 9.18 Å². The van der Waals surface area contributed by atoms with Crippen LogP contribution in [0.25, 0.3) is 0 Å². The molecule has 0 bridgehead atoms. The molecular weight excluding hydrogens is 275 g/mol. The molecule has 1 fully saturated rings. The van der Waals surface area contributed by atoms with Gasteiger partial charge in [-0.25, -0.2) is 4.39 Å². The molecule has 2 N–H and O–H groups in total. The Bertz CT molecular complexity index is 438. The van der Waals surface area contributed by atoms with Gasteiger partial charge in [0.2, 0.25) is 5.91 Å². The maximum absolute atomic E-state index is 13.7. The van der Waals surface area contributed by atoms with E-state index in [1.54, 1.807) is 19.1 Å². The largest absolute Gasteiger partial charge is 0.353 e. The Labute approximate surface area is 102 Å². The fourth-order valence-corrected chi connectivity index (χ4v) is 2.20. The summed E-state index contributed by atoms with van der Waals surface area (Å²) in [4.78, 5) is 11.8. The minimum atomic E-state index is -0.994. The summed E-state index contributed by atoms with van der Waals surface area (Å²) in [6.45, 7) is 2.89. The summed E-state index contributed by atoms with van der Waals surface area (Å²) in [7, 11) is 0. The van der Waals surface area contributed by atoms with Gasteiger partial charge in [0, 0.05) is 23.1 Å². The molecular formula is C11H12BrFN2O. The molecule has 1 amide bonds.